The average Bonchev–Trinajstić information content (AvgIpc) is 2.92. The summed E-state index contributed by atoms with van der Waals surface area (Å²) in [4.78, 5) is 26.1. The number of carbonyl (C=O) groups is 2. The molecule has 26 heavy (non-hydrogen) atoms. The third-order valence-electron chi connectivity index (χ3n) is 3.81. The zero-order chi connectivity index (χ0) is 19.0. The number of fused-ring (bicyclic) bond motifs is 1. The van der Waals surface area contributed by atoms with Crippen LogP contribution in [0.25, 0.3) is 22.6 Å². The Hall–Kier alpha value is -2.96. The highest BCUT2D eigenvalue weighted by Crippen LogP contribution is 2.35. The van der Waals surface area contributed by atoms with Crippen molar-refractivity contribution in [1.82, 2.24) is 4.98 Å². The fourth-order valence-corrected chi connectivity index (χ4v) is 3.26. The lowest BCUT2D eigenvalue weighted by molar-refractivity contribution is -0.130. The Morgan fingerprint density at radius 2 is 1.73 bits per heavy atom. The van der Waals surface area contributed by atoms with Gasteiger partial charge in [0.25, 0.3) is 0 Å². The molecule has 0 unspecified atom stereocenters. The minimum atomic E-state index is -1.25. The molecule has 0 aliphatic rings. The van der Waals surface area contributed by atoms with Crippen molar-refractivity contribution in [2.45, 2.75) is 0 Å². The first-order valence-corrected chi connectivity index (χ1v) is 8.08. The summed E-state index contributed by atoms with van der Waals surface area (Å²) in [7, 11) is 0. The molecule has 0 aliphatic carbocycles. The Kier molecular flexibility index (Phi) is 4.63. The number of aliphatic carboxylic acids is 1. The summed E-state index contributed by atoms with van der Waals surface area (Å²) in [6.45, 7) is 0. The molecular formula is C18H12Cl2N2O4. The molecular weight excluding hydrogens is 379 g/mol. The Balaban J connectivity index is 2.32. The van der Waals surface area contributed by atoms with Crippen LogP contribution in [0.15, 0.2) is 36.4 Å². The number of carboxylic acid groups (broad SMARTS) is 2. The summed E-state index contributed by atoms with van der Waals surface area (Å²) in [5.41, 5.74) is 6.76. The van der Waals surface area contributed by atoms with E-state index in [1.165, 1.54) is 18.2 Å². The maximum absolute atomic E-state index is 11.8. The van der Waals surface area contributed by atoms with E-state index in [4.69, 9.17) is 28.9 Å². The third-order valence-corrected chi connectivity index (χ3v) is 4.32. The zero-order valence-corrected chi connectivity index (χ0v) is 14.6. The second-order valence-electron chi connectivity index (χ2n) is 5.51. The number of nitrogen functional groups attached to an aromatic ring is 1. The van der Waals surface area contributed by atoms with Gasteiger partial charge in [0.2, 0.25) is 0 Å². The quantitative estimate of drug-likeness (QED) is 0.389. The minimum Gasteiger partial charge on any atom is -0.478 e. The third kappa shape index (κ3) is 3.24. The molecule has 5 N–H and O–H groups in total. The van der Waals surface area contributed by atoms with E-state index >= 15 is 0 Å². The number of hydrogen-bond acceptors (Lipinski definition) is 3. The van der Waals surface area contributed by atoms with Crippen LogP contribution in [0, 0.1) is 0 Å². The molecule has 3 aromatic rings. The van der Waals surface area contributed by atoms with Gasteiger partial charge in [-0.1, -0.05) is 35.3 Å². The van der Waals surface area contributed by atoms with Crippen LogP contribution in [-0.2, 0) is 4.79 Å². The van der Waals surface area contributed by atoms with E-state index in [9.17, 15) is 19.8 Å². The highest BCUT2D eigenvalue weighted by molar-refractivity contribution is 6.39. The van der Waals surface area contributed by atoms with Crippen molar-refractivity contribution in [3.8, 4) is 0 Å². The predicted molar refractivity (Wildman–Crippen MR) is 102 cm³/mol. The molecule has 0 saturated heterocycles. The van der Waals surface area contributed by atoms with E-state index in [2.05, 4.69) is 4.98 Å². The number of nitrogens with two attached hydrogens (primary N) is 1. The smallest absolute Gasteiger partial charge is 0.352 e. The molecule has 8 heteroatoms. The van der Waals surface area contributed by atoms with Gasteiger partial charge in [-0.25, -0.2) is 9.59 Å². The summed E-state index contributed by atoms with van der Waals surface area (Å²) in [6.07, 6.45) is 1.27. The maximum Gasteiger partial charge on any atom is 0.352 e. The van der Waals surface area contributed by atoms with Crippen LogP contribution in [0.2, 0.25) is 10.0 Å². The van der Waals surface area contributed by atoms with Gasteiger partial charge in [0.15, 0.2) is 0 Å². The van der Waals surface area contributed by atoms with Crippen molar-refractivity contribution in [3.05, 3.63) is 63.3 Å². The Morgan fingerprint density at radius 1 is 1.08 bits per heavy atom. The Labute approximate surface area is 157 Å². The van der Waals surface area contributed by atoms with Crippen molar-refractivity contribution in [3.63, 3.8) is 0 Å². The number of rotatable bonds is 4. The van der Waals surface area contributed by atoms with Crippen LogP contribution >= 0.6 is 23.2 Å². The van der Waals surface area contributed by atoms with Gasteiger partial charge < -0.3 is 20.9 Å². The normalized spacial score (nSPS) is 11.7. The molecule has 132 valence electrons. The first-order chi connectivity index (χ1) is 12.3. The number of benzene rings is 2. The van der Waals surface area contributed by atoms with Gasteiger partial charge in [-0.2, -0.15) is 0 Å². The van der Waals surface area contributed by atoms with Crippen LogP contribution < -0.4 is 5.73 Å². The molecule has 0 amide bonds. The van der Waals surface area contributed by atoms with Gasteiger partial charge in [-0.05, 0) is 35.9 Å². The predicted octanol–water partition coefficient (Wildman–Crippen LogP) is 4.38. The second-order valence-corrected chi connectivity index (χ2v) is 6.36. The molecule has 0 spiro atoms. The summed E-state index contributed by atoms with van der Waals surface area (Å²) < 4.78 is 0. The van der Waals surface area contributed by atoms with Gasteiger partial charge >= 0.3 is 11.9 Å². The molecule has 0 fully saturated rings. The van der Waals surface area contributed by atoms with Crippen molar-refractivity contribution in [2.24, 2.45) is 0 Å². The molecule has 1 aromatic heterocycles. The van der Waals surface area contributed by atoms with Crippen LogP contribution in [0.4, 0.5) is 5.69 Å². The number of carboxylic acids is 2. The van der Waals surface area contributed by atoms with Gasteiger partial charge in [-0.3, -0.25) is 0 Å². The second kappa shape index (κ2) is 6.74. The van der Waals surface area contributed by atoms with Crippen LogP contribution in [-0.4, -0.2) is 27.1 Å². The van der Waals surface area contributed by atoms with E-state index in [1.807, 2.05) is 0 Å². The highest BCUT2D eigenvalue weighted by atomic mass is 35.5. The molecule has 1 heterocycles. The SMILES string of the molecule is Nc1ccc(/C(=C\c2c(C(=O)O)[nH]c3cc(Cl)cc(Cl)c23)C(=O)O)cc1. The fraction of sp³-hybridized carbons (Fsp3) is 0. The molecule has 0 bridgehead atoms. The number of anilines is 1. The van der Waals surface area contributed by atoms with Crippen molar-refractivity contribution < 1.29 is 19.8 Å². The molecule has 0 radical (unpaired) electrons. The molecule has 6 nitrogen and oxygen atoms in total. The highest BCUT2D eigenvalue weighted by Gasteiger charge is 2.21. The number of aromatic nitrogens is 1. The van der Waals surface area contributed by atoms with Crippen LogP contribution in [0.5, 0.6) is 0 Å². The van der Waals surface area contributed by atoms with Crippen molar-refractivity contribution >= 4 is 63.4 Å². The number of halogens is 2. The lowest BCUT2D eigenvalue weighted by Crippen LogP contribution is -2.02. The van der Waals surface area contributed by atoms with Gasteiger partial charge in [0.1, 0.15) is 5.69 Å². The Morgan fingerprint density at radius 3 is 2.31 bits per heavy atom. The minimum absolute atomic E-state index is 0.0978. The summed E-state index contributed by atoms with van der Waals surface area (Å²) >= 11 is 12.2. The Bertz CT molecular complexity index is 1070. The van der Waals surface area contributed by atoms with Gasteiger partial charge in [-0.15, -0.1) is 0 Å². The largest absolute Gasteiger partial charge is 0.478 e. The first-order valence-electron chi connectivity index (χ1n) is 7.33. The fourth-order valence-electron chi connectivity index (χ4n) is 2.66. The van der Waals surface area contributed by atoms with E-state index in [0.29, 0.717) is 27.2 Å². The molecule has 0 atom stereocenters. The lowest BCUT2D eigenvalue weighted by Gasteiger charge is -2.05. The van der Waals surface area contributed by atoms with Crippen molar-refractivity contribution in [2.75, 3.05) is 5.73 Å². The number of nitrogens with one attached hydrogen (secondary N) is 1. The average molecular weight is 391 g/mol. The number of H-pyrrole nitrogens is 1. The molecule has 2 aromatic carbocycles. The topological polar surface area (TPSA) is 116 Å². The van der Waals surface area contributed by atoms with E-state index in [1.54, 1.807) is 24.3 Å². The summed E-state index contributed by atoms with van der Waals surface area (Å²) in [5, 5.41) is 20.0. The van der Waals surface area contributed by atoms with Crippen LogP contribution in [0.1, 0.15) is 21.6 Å². The first kappa shape index (κ1) is 17.8. The molecule has 0 aliphatic heterocycles. The lowest BCUT2D eigenvalue weighted by atomic mass is 10.0. The van der Waals surface area contributed by atoms with Crippen LogP contribution in [0.3, 0.4) is 0 Å². The maximum atomic E-state index is 11.8. The van der Waals surface area contributed by atoms with Gasteiger partial charge in [0.05, 0.1) is 10.6 Å². The van der Waals surface area contributed by atoms with E-state index < -0.39 is 11.9 Å². The summed E-state index contributed by atoms with van der Waals surface area (Å²) in [6, 6.07) is 9.20. The monoisotopic (exact) mass is 390 g/mol. The standard InChI is InChI=1S/C18H12Cl2N2O4/c19-9-5-13(20)15-12(16(18(25)26)22-14(15)6-9)7-11(17(23)24)8-1-3-10(21)4-2-8/h1-7,22H,21H2,(H,23,24)(H,25,26)/b11-7+. The van der Waals surface area contributed by atoms with Crippen molar-refractivity contribution in [1.29, 1.82) is 0 Å². The van der Waals surface area contributed by atoms with E-state index in [0.717, 1.165) is 0 Å². The van der Waals surface area contributed by atoms with Gasteiger partial charge in [0, 0.05) is 27.2 Å². The number of hydrogen-bond donors (Lipinski definition) is 4. The number of aromatic amines is 1. The number of aromatic carboxylic acids is 1. The van der Waals surface area contributed by atoms with E-state index in [-0.39, 0.29) is 21.9 Å². The molecule has 3 rings (SSSR count). The zero-order valence-electron chi connectivity index (χ0n) is 13.1. The molecule has 0 saturated carbocycles. The summed E-state index contributed by atoms with van der Waals surface area (Å²) in [5.74, 6) is -2.47.